The molecule has 0 fully saturated rings. The van der Waals surface area contributed by atoms with Crippen molar-refractivity contribution in [2.45, 2.75) is 11.7 Å². The lowest BCUT2D eigenvalue weighted by molar-refractivity contribution is -0.113. The summed E-state index contributed by atoms with van der Waals surface area (Å²) in [5.41, 5.74) is 7.39. The monoisotopic (exact) mass is 366 g/mol. The molecule has 0 saturated heterocycles. The molecule has 0 unspecified atom stereocenters. The highest BCUT2D eigenvalue weighted by Crippen LogP contribution is 2.18. The van der Waals surface area contributed by atoms with E-state index in [9.17, 15) is 9.59 Å². The number of aromatic nitrogens is 2. The Bertz CT molecular complexity index is 891. The van der Waals surface area contributed by atoms with Crippen molar-refractivity contribution in [3.8, 4) is 0 Å². The zero-order valence-electron chi connectivity index (χ0n) is 14.0. The van der Waals surface area contributed by atoms with Gasteiger partial charge in [-0.05, 0) is 29.8 Å². The molecule has 3 N–H and O–H groups in total. The van der Waals surface area contributed by atoms with E-state index in [2.05, 4.69) is 22.4 Å². The third kappa shape index (κ3) is 4.73. The SMILES string of the molecule is NC(=O)c1ccc(NC(=O)CSc2nccn2Cc2ccccc2)cc1. The predicted octanol–water partition coefficient (Wildman–Crippen LogP) is 2.76. The van der Waals surface area contributed by atoms with Gasteiger partial charge >= 0.3 is 0 Å². The Labute approximate surface area is 155 Å². The normalized spacial score (nSPS) is 10.5. The number of imidazole rings is 1. The number of thioether (sulfide) groups is 1. The molecule has 1 heterocycles. The minimum atomic E-state index is -0.497. The highest BCUT2D eigenvalue weighted by Gasteiger charge is 2.09. The van der Waals surface area contributed by atoms with Crippen molar-refractivity contribution in [2.75, 3.05) is 11.1 Å². The number of nitrogens with two attached hydrogens (primary N) is 1. The number of rotatable bonds is 7. The minimum Gasteiger partial charge on any atom is -0.366 e. The third-order valence-electron chi connectivity index (χ3n) is 3.66. The van der Waals surface area contributed by atoms with Gasteiger partial charge in [-0.3, -0.25) is 9.59 Å². The van der Waals surface area contributed by atoms with E-state index >= 15 is 0 Å². The van der Waals surface area contributed by atoms with Gasteiger partial charge in [0.05, 0.1) is 5.75 Å². The van der Waals surface area contributed by atoms with Gasteiger partial charge in [-0.2, -0.15) is 0 Å². The predicted molar refractivity (Wildman–Crippen MR) is 102 cm³/mol. The van der Waals surface area contributed by atoms with Gasteiger partial charge in [0.25, 0.3) is 0 Å². The van der Waals surface area contributed by atoms with E-state index < -0.39 is 5.91 Å². The molecule has 2 aromatic carbocycles. The van der Waals surface area contributed by atoms with Crippen LogP contribution in [0.3, 0.4) is 0 Å². The first-order valence-corrected chi connectivity index (χ1v) is 8.98. The summed E-state index contributed by atoms with van der Waals surface area (Å²) in [6, 6.07) is 16.5. The fraction of sp³-hybridized carbons (Fsp3) is 0.105. The number of anilines is 1. The van der Waals surface area contributed by atoms with Crippen molar-refractivity contribution in [3.05, 3.63) is 78.1 Å². The second kappa shape index (κ2) is 8.35. The van der Waals surface area contributed by atoms with E-state index in [-0.39, 0.29) is 11.7 Å². The zero-order chi connectivity index (χ0) is 18.4. The number of hydrogen-bond acceptors (Lipinski definition) is 4. The lowest BCUT2D eigenvalue weighted by Crippen LogP contribution is -2.15. The van der Waals surface area contributed by atoms with Crippen LogP contribution in [-0.2, 0) is 11.3 Å². The lowest BCUT2D eigenvalue weighted by Gasteiger charge is -2.08. The Morgan fingerprint density at radius 3 is 2.50 bits per heavy atom. The maximum atomic E-state index is 12.1. The molecule has 0 saturated carbocycles. The molecular formula is C19H18N4O2S. The summed E-state index contributed by atoms with van der Waals surface area (Å²) in [7, 11) is 0. The molecule has 0 radical (unpaired) electrons. The average Bonchev–Trinajstić information content (AvgIpc) is 3.08. The first-order chi connectivity index (χ1) is 12.6. The van der Waals surface area contributed by atoms with Crippen molar-refractivity contribution in [2.24, 2.45) is 5.73 Å². The summed E-state index contributed by atoms with van der Waals surface area (Å²) in [5, 5.41) is 3.58. The van der Waals surface area contributed by atoms with Crippen LogP contribution < -0.4 is 11.1 Å². The van der Waals surface area contributed by atoms with Crippen molar-refractivity contribution < 1.29 is 9.59 Å². The van der Waals surface area contributed by atoms with Crippen LogP contribution in [0.15, 0.2) is 72.1 Å². The summed E-state index contributed by atoms with van der Waals surface area (Å²) in [4.78, 5) is 27.5. The Morgan fingerprint density at radius 2 is 1.81 bits per heavy atom. The summed E-state index contributed by atoms with van der Waals surface area (Å²) in [6.07, 6.45) is 3.63. The molecule has 2 amide bonds. The lowest BCUT2D eigenvalue weighted by atomic mass is 10.2. The minimum absolute atomic E-state index is 0.143. The quantitative estimate of drug-likeness (QED) is 0.629. The molecular weight excluding hydrogens is 348 g/mol. The van der Waals surface area contributed by atoms with Crippen LogP contribution >= 0.6 is 11.8 Å². The highest BCUT2D eigenvalue weighted by molar-refractivity contribution is 7.99. The van der Waals surface area contributed by atoms with E-state index in [0.29, 0.717) is 17.8 Å². The average molecular weight is 366 g/mol. The largest absolute Gasteiger partial charge is 0.366 e. The molecule has 1 aromatic heterocycles. The van der Waals surface area contributed by atoms with Gasteiger partial charge in [-0.1, -0.05) is 42.1 Å². The molecule has 3 rings (SSSR count). The summed E-state index contributed by atoms with van der Waals surface area (Å²) in [6.45, 7) is 0.708. The van der Waals surface area contributed by atoms with Crippen LogP contribution in [0.1, 0.15) is 15.9 Å². The number of primary amides is 1. The zero-order valence-corrected chi connectivity index (χ0v) is 14.8. The van der Waals surface area contributed by atoms with Gasteiger partial charge in [-0.25, -0.2) is 4.98 Å². The van der Waals surface area contributed by atoms with E-state index in [1.807, 2.05) is 29.0 Å². The van der Waals surface area contributed by atoms with Crippen molar-refractivity contribution >= 4 is 29.3 Å². The second-order valence-electron chi connectivity index (χ2n) is 5.60. The molecule has 0 spiro atoms. The van der Waals surface area contributed by atoms with Crippen LogP contribution in [0.5, 0.6) is 0 Å². The Kier molecular flexibility index (Phi) is 5.70. The molecule has 3 aromatic rings. The number of carbonyl (C=O) groups is 2. The molecule has 0 aliphatic heterocycles. The number of hydrogen-bond donors (Lipinski definition) is 2. The van der Waals surface area contributed by atoms with Gasteiger partial charge < -0.3 is 15.6 Å². The smallest absolute Gasteiger partial charge is 0.248 e. The number of nitrogens with one attached hydrogen (secondary N) is 1. The van der Waals surface area contributed by atoms with Gasteiger partial charge in [0.1, 0.15) is 0 Å². The maximum absolute atomic E-state index is 12.1. The standard InChI is InChI=1S/C19H18N4O2S/c20-18(25)15-6-8-16(9-7-15)22-17(24)13-26-19-21-10-11-23(19)12-14-4-2-1-3-5-14/h1-11H,12-13H2,(H2,20,25)(H,22,24). The fourth-order valence-electron chi connectivity index (χ4n) is 2.38. The topological polar surface area (TPSA) is 90.0 Å². The summed E-state index contributed by atoms with van der Waals surface area (Å²) < 4.78 is 2.01. The van der Waals surface area contributed by atoms with Crippen LogP contribution in [0, 0.1) is 0 Å². The van der Waals surface area contributed by atoms with Crippen molar-refractivity contribution in [1.29, 1.82) is 0 Å². The first kappa shape index (κ1) is 17.8. The van der Waals surface area contributed by atoms with Crippen LogP contribution in [0.25, 0.3) is 0 Å². The Hall–Kier alpha value is -3.06. The number of carbonyl (C=O) groups excluding carboxylic acids is 2. The molecule has 0 aliphatic carbocycles. The molecule has 0 bridgehead atoms. The third-order valence-corrected chi connectivity index (χ3v) is 4.66. The Morgan fingerprint density at radius 1 is 1.08 bits per heavy atom. The molecule has 132 valence electrons. The summed E-state index contributed by atoms with van der Waals surface area (Å²) in [5.74, 6) is -0.400. The Balaban J connectivity index is 1.55. The highest BCUT2D eigenvalue weighted by atomic mass is 32.2. The van der Waals surface area contributed by atoms with Gasteiger partial charge in [0, 0.05) is 30.2 Å². The van der Waals surface area contributed by atoms with E-state index in [1.54, 1.807) is 30.5 Å². The van der Waals surface area contributed by atoms with Gasteiger partial charge in [0.15, 0.2) is 5.16 Å². The number of amides is 2. The molecule has 0 aliphatic rings. The molecule has 6 nitrogen and oxygen atoms in total. The summed E-state index contributed by atoms with van der Waals surface area (Å²) >= 11 is 1.37. The van der Waals surface area contributed by atoms with E-state index in [1.165, 1.54) is 17.3 Å². The molecule has 7 heteroatoms. The maximum Gasteiger partial charge on any atom is 0.248 e. The van der Waals surface area contributed by atoms with E-state index in [4.69, 9.17) is 5.73 Å². The van der Waals surface area contributed by atoms with Crippen LogP contribution in [0.2, 0.25) is 0 Å². The first-order valence-electron chi connectivity index (χ1n) is 7.99. The molecule has 26 heavy (non-hydrogen) atoms. The van der Waals surface area contributed by atoms with Crippen LogP contribution in [-0.4, -0.2) is 27.1 Å². The second-order valence-corrected chi connectivity index (χ2v) is 6.54. The fourth-order valence-corrected chi connectivity index (χ4v) is 3.14. The number of nitrogens with zero attached hydrogens (tertiary/aromatic N) is 2. The number of benzene rings is 2. The van der Waals surface area contributed by atoms with Crippen molar-refractivity contribution in [1.82, 2.24) is 9.55 Å². The van der Waals surface area contributed by atoms with Gasteiger partial charge in [-0.15, -0.1) is 0 Å². The van der Waals surface area contributed by atoms with Crippen molar-refractivity contribution in [3.63, 3.8) is 0 Å². The molecule has 0 atom stereocenters. The van der Waals surface area contributed by atoms with E-state index in [0.717, 1.165) is 5.16 Å². The van der Waals surface area contributed by atoms with Gasteiger partial charge in [0.2, 0.25) is 11.8 Å². The van der Waals surface area contributed by atoms with Crippen LogP contribution in [0.4, 0.5) is 5.69 Å².